The number of rotatable bonds is 2. The standard InChI is InChI=1S/C10H9BrN2O2/c1-5-12-8-3-6(4-9(14)15)2-7(11)10(8)13-5/h2-3H,4H2,1H3,(H,12,13)(H,14,15). The molecule has 0 saturated carbocycles. The lowest BCUT2D eigenvalue weighted by Crippen LogP contribution is -1.99. The van der Waals surface area contributed by atoms with E-state index in [1.54, 1.807) is 6.07 Å². The smallest absolute Gasteiger partial charge is 0.307 e. The molecule has 5 heteroatoms. The van der Waals surface area contributed by atoms with Crippen molar-refractivity contribution in [3.8, 4) is 0 Å². The van der Waals surface area contributed by atoms with Crippen LogP contribution < -0.4 is 0 Å². The van der Waals surface area contributed by atoms with Crippen LogP contribution in [-0.4, -0.2) is 21.0 Å². The van der Waals surface area contributed by atoms with Gasteiger partial charge in [0.05, 0.1) is 11.9 Å². The molecule has 2 rings (SSSR count). The maximum atomic E-state index is 10.6. The molecule has 1 heterocycles. The highest BCUT2D eigenvalue weighted by Gasteiger charge is 2.08. The van der Waals surface area contributed by atoms with Gasteiger partial charge in [0.25, 0.3) is 0 Å². The van der Waals surface area contributed by atoms with Crippen LogP contribution in [0.1, 0.15) is 11.4 Å². The zero-order valence-corrected chi connectivity index (χ0v) is 9.63. The van der Waals surface area contributed by atoms with E-state index >= 15 is 0 Å². The van der Waals surface area contributed by atoms with Crippen LogP contribution in [0.5, 0.6) is 0 Å². The third-order valence-electron chi connectivity index (χ3n) is 2.07. The van der Waals surface area contributed by atoms with Crippen LogP contribution in [-0.2, 0) is 11.2 Å². The van der Waals surface area contributed by atoms with Gasteiger partial charge in [-0.2, -0.15) is 0 Å². The molecule has 15 heavy (non-hydrogen) atoms. The van der Waals surface area contributed by atoms with Crippen LogP contribution in [0.2, 0.25) is 0 Å². The predicted molar refractivity (Wildman–Crippen MR) is 59.9 cm³/mol. The number of aromatic nitrogens is 2. The number of aliphatic carboxylic acids is 1. The molecule has 0 saturated heterocycles. The summed E-state index contributed by atoms with van der Waals surface area (Å²) in [4.78, 5) is 17.9. The molecule has 2 N–H and O–H groups in total. The number of carboxylic acid groups (broad SMARTS) is 1. The van der Waals surface area contributed by atoms with Crippen molar-refractivity contribution in [2.24, 2.45) is 0 Å². The Bertz CT molecular complexity index is 533. The van der Waals surface area contributed by atoms with Crippen LogP contribution >= 0.6 is 15.9 Å². The SMILES string of the molecule is Cc1nc2c(Br)cc(CC(=O)O)cc2[nH]1. The van der Waals surface area contributed by atoms with Crippen molar-refractivity contribution in [2.75, 3.05) is 0 Å². The van der Waals surface area contributed by atoms with Crippen LogP contribution in [0.25, 0.3) is 11.0 Å². The van der Waals surface area contributed by atoms with Gasteiger partial charge >= 0.3 is 5.97 Å². The minimum absolute atomic E-state index is 0.0204. The summed E-state index contributed by atoms with van der Waals surface area (Å²) in [5.74, 6) is -0.0179. The fourth-order valence-corrected chi connectivity index (χ4v) is 2.13. The van der Waals surface area contributed by atoms with E-state index in [2.05, 4.69) is 25.9 Å². The molecule has 0 aliphatic carbocycles. The number of nitrogens with zero attached hydrogens (tertiary/aromatic N) is 1. The summed E-state index contributed by atoms with van der Waals surface area (Å²) in [6.07, 6.45) is 0.0204. The Balaban J connectivity index is 2.56. The number of hydrogen-bond acceptors (Lipinski definition) is 2. The van der Waals surface area contributed by atoms with Gasteiger partial charge in [0.1, 0.15) is 11.3 Å². The number of aryl methyl sites for hydroxylation is 1. The van der Waals surface area contributed by atoms with Crippen molar-refractivity contribution >= 4 is 32.9 Å². The van der Waals surface area contributed by atoms with E-state index < -0.39 is 5.97 Å². The second kappa shape index (κ2) is 3.66. The lowest BCUT2D eigenvalue weighted by atomic mass is 10.1. The van der Waals surface area contributed by atoms with E-state index in [1.807, 2.05) is 13.0 Å². The van der Waals surface area contributed by atoms with Gasteiger partial charge in [0.15, 0.2) is 0 Å². The van der Waals surface area contributed by atoms with Gasteiger partial charge < -0.3 is 10.1 Å². The maximum absolute atomic E-state index is 10.6. The van der Waals surface area contributed by atoms with Crippen molar-refractivity contribution in [2.45, 2.75) is 13.3 Å². The lowest BCUT2D eigenvalue weighted by Gasteiger charge is -1.99. The minimum Gasteiger partial charge on any atom is -0.481 e. The highest BCUT2D eigenvalue weighted by Crippen LogP contribution is 2.24. The minimum atomic E-state index is -0.836. The topological polar surface area (TPSA) is 66.0 Å². The molecule has 0 aliphatic heterocycles. The maximum Gasteiger partial charge on any atom is 0.307 e. The van der Waals surface area contributed by atoms with Crippen molar-refractivity contribution in [3.05, 3.63) is 28.0 Å². The Hall–Kier alpha value is -1.36. The first-order valence-corrected chi connectivity index (χ1v) is 5.22. The second-order valence-electron chi connectivity index (χ2n) is 3.37. The first-order chi connectivity index (χ1) is 7.06. The zero-order valence-electron chi connectivity index (χ0n) is 8.04. The summed E-state index contributed by atoms with van der Waals surface area (Å²) < 4.78 is 0.820. The molecule has 4 nitrogen and oxygen atoms in total. The lowest BCUT2D eigenvalue weighted by molar-refractivity contribution is -0.136. The van der Waals surface area contributed by atoms with E-state index in [0.29, 0.717) is 0 Å². The van der Waals surface area contributed by atoms with Crippen LogP contribution in [0, 0.1) is 6.92 Å². The molecule has 0 spiro atoms. The van der Waals surface area contributed by atoms with Gasteiger partial charge in [-0.05, 0) is 40.5 Å². The number of fused-ring (bicyclic) bond motifs is 1. The molecule has 78 valence electrons. The van der Waals surface area contributed by atoms with Crippen molar-refractivity contribution in [1.82, 2.24) is 9.97 Å². The number of carbonyl (C=O) groups is 1. The molecule has 0 atom stereocenters. The quantitative estimate of drug-likeness (QED) is 0.878. The van der Waals surface area contributed by atoms with Crippen molar-refractivity contribution in [3.63, 3.8) is 0 Å². The van der Waals surface area contributed by atoms with Gasteiger partial charge in [-0.3, -0.25) is 4.79 Å². The Morgan fingerprint density at radius 3 is 3.00 bits per heavy atom. The van der Waals surface area contributed by atoms with Crippen LogP contribution in [0.15, 0.2) is 16.6 Å². The molecular formula is C10H9BrN2O2. The Kier molecular flexibility index (Phi) is 2.48. The van der Waals surface area contributed by atoms with Gasteiger partial charge in [0.2, 0.25) is 0 Å². The van der Waals surface area contributed by atoms with E-state index in [4.69, 9.17) is 5.11 Å². The Morgan fingerprint density at radius 1 is 1.60 bits per heavy atom. The fraction of sp³-hybridized carbons (Fsp3) is 0.200. The number of imidazole rings is 1. The number of carboxylic acids is 1. The van der Waals surface area contributed by atoms with E-state index in [1.165, 1.54) is 0 Å². The molecule has 1 aromatic carbocycles. The average Bonchev–Trinajstić information content (AvgIpc) is 2.44. The Morgan fingerprint density at radius 2 is 2.33 bits per heavy atom. The summed E-state index contributed by atoms with van der Waals surface area (Å²) in [7, 11) is 0. The van der Waals surface area contributed by atoms with E-state index in [9.17, 15) is 4.79 Å². The molecule has 2 aromatic rings. The summed E-state index contributed by atoms with van der Waals surface area (Å²) in [5, 5.41) is 8.69. The van der Waals surface area contributed by atoms with Gasteiger partial charge in [0, 0.05) is 4.47 Å². The molecule has 0 amide bonds. The first-order valence-electron chi connectivity index (χ1n) is 4.43. The number of nitrogens with one attached hydrogen (secondary N) is 1. The van der Waals surface area contributed by atoms with E-state index in [0.717, 1.165) is 26.9 Å². The average molecular weight is 269 g/mol. The molecule has 0 radical (unpaired) electrons. The molecule has 1 aromatic heterocycles. The van der Waals surface area contributed by atoms with E-state index in [-0.39, 0.29) is 6.42 Å². The number of H-pyrrole nitrogens is 1. The van der Waals surface area contributed by atoms with Crippen molar-refractivity contribution < 1.29 is 9.90 Å². The normalized spacial score (nSPS) is 10.8. The van der Waals surface area contributed by atoms with Crippen LogP contribution in [0.3, 0.4) is 0 Å². The predicted octanol–water partition coefficient (Wildman–Crippen LogP) is 2.26. The number of halogens is 1. The van der Waals surface area contributed by atoms with Gasteiger partial charge in [-0.1, -0.05) is 0 Å². The highest BCUT2D eigenvalue weighted by molar-refractivity contribution is 9.10. The number of benzene rings is 1. The van der Waals surface area contributed by atoms with Crippen LogP contribution in [0.4, 0.5) is 0 Å². The monoisotopic (exact) mass is 268 g/mol. The molecule has 0 aliphatic rings. The van der Waals surface area contributed by atoms with Gasteiger partial charge in [-0.25, -0.2) is 4.98 Å². The molecule has 0 bridgehead atoms. The summed E-state index contributed by atoms with van der Waals surface area (Å²) in [6.45, 7) is 1.86. The zero-order chi connectivity index (χ0) is 11.0. The Labute approximate surface area is 94.5 Å². The number of hydrogen-bond donors (Lipinski definition) is 2. The second-order valence-corrected chi connectivity index (χ2v) is 4.22. The largest absolute Gasteiger partial charge is 0.481 e. The third kappa shape index (κ3) is 2.02. The fourth-order valence-electron chi connectivity index (χ4n) is 1.53. The molecule has 0 fully saturated rings. The summed E-state index contributed by atoms with van der Waals surface area (Å²) >= 11 is 3.38. The van der Waals surface area contributed by atoms with Gasteiger partial charge in [-0.15, -0.1) is 0 Å². The first kappa shape index (κ1) is 10.2. The third-order valence-corrected chi connectivity index (χ3v) is 2.68. The summed E-state index contributed by atoms with van der Waals surface area (Å²) in [5.41, 5.74) is 2.45. The molecule has 0 unspecified atom stereocenters. The summed E-state index contributed by atoms with van der Waals surface area (Å²) in [6, 6.07) is 3.60. The number of aromatic amines is 1. The van der Waals surface area contributed by atoms with Crippen molar-refractivity contribution in [1.29, 1.82) is 0 Å². The molecular weight excluding hydrogens is 260 g/mol. The highest BCUT2D eigenvalue weighted by atomic mass is 79.9.